The van der Waals surface area contributed by atoms with E-state index in [1.54, 1.807) is 6.92 Å². The Morgan fingerprint density at radius 3 is 2.74 bits per heavy atom. The number of hydrogen-bond donors (Lipinski definition) is 3. The van der Waals surface area contributed by atoms with Crippen molar-refractivity contribution in [1.29, 1.82) is 0 Å². The zero-order valence-electron chi connectivity index (χ0n) is 13.2. The van der Waals surface area contributed by atoms with Gasteiger partial charge in [0.2, 0.25) is 5.91 Å². The van der Waals surface area contributed by atoms with Crippen LogP contribution in [0.4, 0.5) is 0 Å². The highest BCUT2D eigenvalue weighted by Crippen LogP contribution is 2.41. The number of nitrogens with one attached hydrogen (secondary N) is 3. The Morgan fingerprint density at radius 2 is 2.04 bits per heavy atom. The molecule has 122 valence electrons. The number of fused-ring (bicyclic) bond motifs is 1. The van der Waals surface area contributed by atoms with E-state index in [1.165, 1.54) is 29.8 Å². The van der Waals surface area contributed by atoms with E-state index in [0.717, 1.165) is 18.5 Å². The molecule has 3 heterocycles. The number of carbonyl (C=O) groups is 1. The minimum Gasteiger partial charge on any atom is -0.342 e. The van der Waals surface area contributed by atoms with Gasteiger partial charge in [0.1, 0.15) is 0 Å². The SMILES string of the molecule is Cc1[nH][nH]c(=O)c1CC(=O)N1CCc2[nH]nc(C3CC3)c2CC1. The molecule has 1 aliphatic heterocycles. The summed E-state index contributed by atoms with van der Waals surface area (Å²) in [6, 6.07) is 0. The molecule has 2 aromatic rings. The first-order valence-corrected chi connectivity index (χ1v) is 8.23. The van der Waals surface area contributed by atoms with Gasteiger partial charge in [-0.25, -0.2) is 0 Å². The second kappa shape index (κ2) is 5.40. The van der Waals surface area contributed by atoms with Crippen molar-refractivity contribution in [1.82, 2.24) is 25.3 Å². The van der Waals surface area contributed by atoms with Gasteiger partial charge in [0, 0.05) is 42.4 Å². The smallest absolute Gasteiger partial charge is 0.267 e. The Balaban J connectivity index is 1.47. The van der Waals surface area contributed by atoms with E-state index >= 15 is 0 Å². The predicted octanol–water partition coefficient (Wildman–Crippen LogP) is 0.782. The Labute approximate surface area is 133 Å². The quantitative estimate of drug-likeness (QED) is 0.781. The molecule has 2 aromatic heterocycles. The van der Waals surface area contributed by atoms with Crippen LogP contribution in [0.3, 0.4) is 0 Å². The standard InChI is InChI=1S/C16H21N5O2/c1-9-12(16(23)20-17-9)8-14(22)21-6-4-11-13(5-7-21)18-19-15(11)10-2-3-10/h10H,2-8H2,1H3,(H,18,19)(H2,17,20,23). The van der Waals surface area contributed by atoms with E-state index < -0.39 is 0 Å². The van der Waals surface area contributed by atoms with Crippen molar-refractivity contribution in [3.05, 3.63) is 38.6 Å². The maximum atomic E-state index is 12.6. The van der Waals surface area contributed by atoms with Gasteiger partial charge >= 0.3 is 0 Å². The lowest BCUT2D eigenvalue weighted by Crippen LogP contribution is -2.35. The van der Waals surface area contributed by atoms with E-state index in [1.807, 2.05) is 4.90 Å². The molecule has 7 nitrogen and oxygen atoms in total. The Hall–Kier alpha value is -2.31. The van der Waals surface area contributed by atoms with Crippen LogP contribution in [0.15, 0.2) is 4.79 Å². The second-order valence-electron chi connectivity index (χ2n) is 6.58. The monoisotopic (exact) mass is 315 g/mol. The third-order valence-electron chi connectivity index (χ3n) is 4.98. The number of aromatic amines is 3. The fraction of sp³-hybridized carbons (Fsp3) is 0.562. The summed E-state index contributed by atoms with van der Waals surface area (Å²) in [7, 11) is 0. The van der Waals surface area contributed by atoms with Crippen molar-refractivity contribution < 1.29 is 4.79 Å². The zero-order chi connectivity index (χ0) is 16.0. The van der Waals surface area contributed by atoms with Gasteiger partial charge in [-0.05, 0) is 31.7 Å². The highest BCUT2D eigenvalue weighted by molar-refractivity contribution is 5.79. The molecule has 0 bridgehead atoms. The van der Waals surface area contributed by atoms with Crippen LogP contribution in [-0.4, -0.2) is 44.3 Å². The number of H-pyrrole nitrogens is 3. The third kappa shape index (κ3) is 2.60. The van der Waals surface area contributed by atoms with Gasteiger partial charge < -0.3 is 10.00 Å². The molecular weight excluding hydrogens is 294 g/mol. The summed E-state index contributed by atoms with van der Waals surface area (Å²) in [6.45, 7) is 3.19. The largest absolute Gasteiger partial charge is 0.342 e. The van der Waals surface area contributed by atoms with Crippen molar-refractivity contribution in [2.45, 2.75) is 44.9 Å². The van der Waals surface area contributed by atoms with Crippen LogP contribution in [0.1, 0.15) is 47.0 Å². The van der Waals surface area contributed by atoms with Crippen LogP contribution in [0, 0.1) is 6.92 Å². The highest BCUT2D eigenvalue weighted by atomic mass is 16.2. The normalized spacial score (nSPS) is 17.9. The fourth-order valence-electron chi connectivity index (χ4n) is 3.40. The molecule has 1 fully saturated rings. The lowest BCUT2D eigenvalue weighted by molar-refractivity contribution is -0.130. The first kappa shape index (κ1) is 14.3. The van der Waals surface area contributed by atoms with Gasteiger partial charge in [0.15, 0.2) is 0 Å². The molecule has 1 saturated carbocycles. The van der Waals surface area contributed by atoms with Crippen LogP contribution in [0.2, 0.25) is 0 Å². The number of hydrogen-bond acceptors (Lipinski definition) is 3. The Bertz CT molecular complexity index is 796. The molecule has 0 aromatic carbocycles. The number of carbonyl (C=O) groups excluding carboxylic acids is 1. The van der Waals surface area contributed by atoms with Crippen molar-refractivity contribution in [2.24, 2.45) is 0 Å². The number of amides is 1. The average Bonchev–Trinajstić information content (AvgIpc) is 3.29. The van der Waals surface area contributed by atoms with E-state index in [0.29, 0.717) is 24.6 Å². The molecule has 3 N–H and O–H groups in total. The number of aromatic nitrogens is 4. The number of aryl methyl sites for hydroxylation is 1. The van der Waals surface area contributed by atoms with Crippen molar-refractivity contribution in [3.8, 4) is 0 Å². The number of rotatable bonds is 3. The molecule has 1 aliphatic carbocycles. The van der Waals surface area contributed by atoms with Crippen LogP contribution in [-0.2, 0) is 24.1 Å². The summed E-state index contributed by atoms with van der Waals surface area (Å²) >= 11 is 0. The van der Waals surface area contributed by atoms with Gasteiger partial charge in [-0.3, -0.25) is 19.8 Å². The molecule has 2 aliphatic rings. The van der Waals surface area contributed by atoms with E-state index in [4.69, 9.17) is 0 Å². The van der Waals surface area contributed by atoms with Crippen molar-refractivity contribution in [3.63, 3.8) is 0 Å². The molecule has 1 amide bonds. The molecule has 4 rings (SSSR count). The zero-order valence-corrected chi connectivity index (χ0v) is 13.2. The van der Waals surface area contributed by atoms with E-state index in [-0.39, 0.29) is 17.9 Å². The minimum atomic E-state index is -0.198. The summed E-state index contributed by atoms with van der Waals surface area (Å²) in [6.07, 6.45) is 4.28. The van der Waals surface area contributed by atoms with E-state index in [2.05, 4.69) is 20.4 Å². The molecule has 0 atom stereocenters. The first-order chi connectivity index (χ1) is 11.1. The van der Waals surface area contributed by atoms with Crippen LogP contribution >= 0.6 is 0 Å². The summed E-state index contributed by atoms with van der Waals surface area (Å²) < 4.78 is 0. The third-order valence-corrected chi connectivity index (χ3v) is 4.98. The topological polar surface area (TPSA) is 97.6 Å². The van der Waals surface area contributed by atoms with E-state index in [9.17, 15) is 9.59 Å². The van der Waals surface area contributed by atoms with Gasteiger partial charge in [-0.2, -0.15) is 5.10 Å². The van der Waals surface area contributed by atoms with Gasteiger partial charge in [-0.1, -0.05) is 0 Å². The summed E-state index contributed by atoms with van der Waals surface area (Å²) in [5.74, 6) is 0.641. The maximum absolute atomic E-state index is 12.6. The lowest BCUT2D eigenvalue weighted by atomic mass is 10.1. The van der Waals surface area contributed by atoms with Crippen LogP contribution in [0.5, 0.6) is 0 Å². The first-order valence-electron chi connectivity index (χ1n) is 8.23. The molecule has 0 unspecified atom stereocenters. The summed E-state index contributed by atoms with van der Waals surface area (Å²) in [5.41, 5.74) is 4.79. The Morgan fingerprint density at radius 1 is 1.26 bits per heavy atom. The summed E-state index contributed by atoms with van der Waals surface area (Å²) in [5, 5.41) is 12.9. The van der Waals surface area contributed by atoms with Gasteiger partial charge in [0.05, 0.1) is 12.1 Å². The fourth-order valence-corrected chi connectivity index (χ4v) is 3.40. The maximum Gasteiger partial charge on any atom is 0.267 e. The highest BCUT2D eigenvalue weighted by Gasteiger charge is 2.31. The molecule has 7 heteroatoms. The van der Waals surface area contributed by atoms with Gasteiger partial charge in [-0.15, -0.1) is 0 Å². The van der Waals surface area contributed by atoms with Crippen molar-refractivity contribution in [2.75, 3.05) is 13.1 Å². The second-order valence-corrected chi connectivity index (χ2v) is 6.58. The molecule has 0 spiro atoms. The van der Waals surface area contributed by atoms with Crippen LogP contribution in [0.25, 0.3) is 0 Å². The van der Waals surface area contributed by atoms with Gasteiger partial charge in [0.25, 0.3) is 5.56 Å². The number of nitrogens with zero attached hydrogens (tertiary/aromatic N) is 2. The molecule has 0 radical (unpaired) electrons. The molecular formula is C16H21N5O2. The van der Waals surface area contributed by atoms with Crippen molar-refractivity contribution >= 4 is 5.91 Å². The summed E-state index contributed by atoms with van der Waals surface area (Å²) in [4.78, 5) is 26.2. The Kier molecular flexibility index (Phi) is 3.36. The predicted molar refractivity (Wildman–Crippen MR) is 84.4 cm³/mol. The minimum absolute atomic E-state index is 0.0179. The molecule has 23 heavy (non-hydrogen) atoms. The molecule has 0 saturated heterocycles. The average molecular weight is 315 g/mol. The lowest BCUT2D eigenvalue weighted by Gasteiger charge is -2.20. The van der Waals surface area contributed by atoms with Crippen LogP contribution < -0.4 is 5.56 Å².